The van der Waals surface area contributed by atoms with Crippen LogP contribution in [0.25, 0.3) is 27.7 Å². The highest BCUT2D eigenvalue weighted by Crippen LogP contribution is 2.46. The van der Waals surface area contributed by atoms with E-state index in [9.17, 15) is 4.39 Å². The number of nitrogens with zero attached hydrogens (tertiary/aromatic N) is 4. The molecule has 1 N–H and O–H groups in total. The third-order valence-corrected chi connectivity index (χ3v) is 6.14. The lowest BCUT2D eigenvalue weighted by Crippen LogP contribution is -2.36. The molecule has 0 bridgehead atoms. The minimum atomic E-state index is -0.572. The Kier molecular flexibility index (Phi) is 4.89. The van der Waals surface area contributed by atoms with Crippen LogP contribution in [-0.4, -0.2) is 40.2 Å². The highest BCUT2D eigenvalue weighted by Gasteiger charge is 2.37. The molecule has 0 saturated heterocycles. The average Bonchev–Trinajstić information content (AvgIpc) is 3.35. The summed E-state index contributed by atoms with van der Waals surface area (Å²) in [7, 11) is 3.09. The number of halogens is 2. The van der Waals surface area contributed by atoms with Crippen LogP contribution < -0.4 is 10.1 Å². The minimum absolute atomic E-state index is 0.186. The largest absolute Gasteiger partial charge is 0.496 e. The first kappa shape index (κ1) is 21.4. The normalized spacial score (nSPS) is 14.2. The first-order chi connectivity index (χ1) is 15.8. The lowest BCUT2D eigenvalue weighted by atomic mass is 9.95. The molecule has 0 aliphatic carbocycles. The van der Waals surface area contributed by atoms with Crippen molar-refractivity contribution in [3.8, 4) is 22.6 Å². The maximum Gasteiger partial charge on any atom is 0.162 e. The van der Waals surface area contributed by atoms with Crippen LogP contribution in [0.2, 0.25) is 0 Å². The lowest BCUT2D eigenvalue weighted by molar-refractivity contribution is 0.188. The zero-order valence-corrected chi connectivity index (χ0v) is 19.2. The van der Waals surface area contributed by atoms with Gasteiger partial charge in [0.25, 0.3) is 0 Å². The number of ether oxygens (including phenoxy) is 2. The Morgan fingerprint density at radius 3 is 2.64 bits per heavy atom. The number of hydrogen-bond donors (Lipinski definition) is 1. The molecular formula is C24H25F2N5O2. The van der Waals surface area contributed by atoms with Crippen LogP contribution in [-0.2, 0) is 16.8 Å². The molecule has 0 spiro atoms. The molecular weight excluding hydrogens is 428 g/mol. The summed E-state index contributed by atoms with van der Waals surface area (Å²) in [6, 6.07) is 6.39. The quantitative estimate of drug-likeness (QED) is 0.471. The summed E-state index contributed by atoms with van der Waals surface area (Å²) in [6.07, 6.45) is 1.85. The third-order valence-electron chi connectivity index (χ3n) is 6.14. The molecule has 9 heteroatoms. The van der Waals surface area contributed by atoms with Gasteiger partial charge in [0, 0.05) is 36.9 Å². The van der Waals surface area contributed by atoms with E-state index in [4.69, 9.17) is 9.47 Å². The Morgan fingerprint density at radius 2 is 1.91 bits per heavy atom. The van der Waals surface area contributed by atoms with E-state index >= 15 is 4.39 Å². The van der Waals surface area contributed by atoms with Gasteiger partial charge in [-0.3, -0.25) is 4.57 Å². The van der Waals surface area contributed by atoms with Crippen molar-refractivity contribution >= 4 is 16.6 Å². The predicted octanol–water partition coefficient (Wildman–Crippen LogP) is 4.79. The first-order valence-electron chi connectivity index (χ1n) is 10.7. The van der Waals surface area contributed by atoms with Crippen molar-refractivity contribution in [1.29, 1.82) is 0 Å². The molecule has 2 aromatic heterocycles. The van der Waals surface area contributed by atoms with E-state index in [1.807, 2.05) is 30.7 Å². The van der Waals surface area contributed by atoms with Gasteiger partial charge in [-0.25, -0.2) is 8.78 Å². The molecule has 0 radical (unpaired) electrons. The fourth-order valence-corrected chi connectivity index (χ4v) is 4.62. The van der Waals surface area contributed by atoms with Gasteiger partial charge in [-0.05, 0) is 39.0 Å². The van der Waals surface area contributed by atoms with Crippen molar-refractivity contribution in [2.75, 3.05) is 26.1 Å². The number of nitrogens with one attached hydrogen (secondary N) is 1. The van der Waals surface area contributed by atoms with Gasteiger partial charge in [-0.2, -0.15) is 0 Å². The molecule has 5 rings (SSSR count). The molecule has 2 aromatic carbocycles. The molecule has 0 atom stereocenters. The van der Waals surface area contributed by atoms with Gasteiger partial charge in [-0.15, -0.1) is 10.2 Å². The zero-order chi connectivity index (χ0) is 23.5. The summed E-state index contributed by atoms with van der Waals surface area (Å²) in [5.41, 5.74) is 1.53. The second kappa shape index (κ2) is 7.55. The van der Waals surface area contributed by atoms with Crippen molar-refractivity contribution in [3.63, 3.8) is 0 Å². The molecule has 0 saturated carbocycles. The van der Waals surface area contributed by atoms with Crippen molar-refractivity contribution in [2.45, 2.75) is 32.9 Å². The van der Waals surface area contributed by atoms with Crippen molar-refractivity contribution in [3.05, 3.63) is 53.7 Å². The molecule has 1 aliphatic rings. The summed E-state index contributed by atoms with van der Waals surface area (Å²) in [6.45, 7) is 6.71. The van der Waals surface area contributed by atoms with Gasteiger partial charge in [0.1, 0.15) is 23.1 Å². The zero-order valence-electron chi connectivity index (χ0n) is 19.2. The van der Waals surface area contributed by atoms with Crippen molar-refractivity contribution in [1.82, 2.24) is 19.3 Å². The van der Waals surface area contributed by atoms with Gasteiger partial charge in [0.15, 0.2) is 11.6 Å². The summed E-state index contributed by atoms with van der Waals surface area (Å²) in [5, 5.41) is 12.5. The SMILES string of the molecule is COCCn1ccc2c(-c3c(OC)cc4c(c3F)-n3c(C)nnc3C(C)(C)N4)cc(F)cc21. The van der Waals surface area contributed by atoms with Crippen LogP contribution in [0.5, 0.6) is 5.75 Å². The average molecular weight is 453 g/mol. The molecule has 0 fully saturated rings. The maximum atomic E-state index is 16.4. The lowest BCUT2D eigenvalue weighted by Gasteiger charge is -2.34. The third kappa shape index (κ3) is 3.18. The molecule has 1 aliphatic heterocycles. The van der Waals surface area contributed by atoms with E-state index in [0.717, 1.165) is 5.39 Å². The molecule has 33 heavy (non-hydrogen) atoms. The number of fused-ring (bicyclic) bond motifs is 4. The van der Waals surface area contributed by atoms with E-state index in [1.54, 1.807) is 24.7 Å². The summed E-state index contributed by atoms with van der Waals surface area (Å²) < 4.78 is 45.5. The molecule has 172 valence electrons. The topological polar surface area (TPSA) is 66.1 Å². The van der Waals surface area contributed by atoms with Crippen LogP contribution in [0.3, 0.4) is 0 Å². The second-order valence-electron chi connectivity index (χ2n) is 8.71. The highest BCUT2D eigenvalue weighted by molar-refractivity contribution is 5.98. The van der Waals surface area contributed by atoms with Gasteiger partial charge in [0.05, 0.1) is 36.0 Å². The number of benzene rings is 2. The molecule has 3 heterocycles. The standard InChI is InChI=1S/C24H25F2N5O2/c1-13-28-29-23-24(2,3)27-17-12-19(33-5)20(21(26)22(17)31(13)23)16-10-14(25)11-18-15(16)6-7-30(18)8-9-32-4/h6-7,10-12,27H,8-9H2,1-5H3. The van der Waals surface area contributed by atoms with Crippen LogP contribution in [0.4, 0.5) is 14.5 Å². The number of hydrogen-bond acceptors (Lipinski definition) is 5. The number of aryl methyl sites for hydroxylation is 1. The number of methoxy groups -OCH3 is 2. The van der Waals surface area contributed by atoms with Crippen molar-refractivity contribution in [2.24, 2.45) is 0 Å². The van der Waals surface area contributed by atoms with E-state index in [0.29, 0.717) is 53.0 Å². The van der Waals surface area contributed by atoms with Crippen LogP contribution in [0, 0.1) is 18.6 Å². The first-order valence-corrected chi connectivity index (χ1v) is 10.7. The van der Waals surface area contributed by atoms with Crippen molar-refractivity contribution < 1.29 is 18.3 Å². The Balaban J connectivity index is 1.81. The van der Waals surface area contributed by atoms with Gasteiger partial charge < -0.3 is 19.4 Å². The van der Waals surface area contributed by atoms with Crippen LogP contribution in [0.15, 0.2) is 30.5 Å². The fraction of sp³-hybridized carbons (Fsp3) is 0.333. The van der Waals surface area contributed by atoms with Gasteiger partial charge >= 0.3 is 0 Å². The number of anilines is 1. The Morgan fingerprint density at radius 1 is 1.12 bits per heavy atom. The fourth-order valence-electron chi connectivity index (χ4n) is 4.62. The smallest absolute Gasteiger partial charge is 0.162 e. The second-order valence-corrected chi connectivity index (χ2v) is 8.71. The summed E-state index contributed by atoms with van der Waals surface area (Å²) in [4.78, 5) is 0. The van der Waals surface area contributed by atoms with E-state index in [2.05, 4.69) is 15.5 Å². The Bertz CT molecular complexity index is 1390. The summed E-state index contributed by atoms with van der Waals surface area (Å²) in [5.74, 6) is 0.464. The molecule has 4 aromatic rings. The summed E-state index contributed by atoms with van der Waals surface area (Å²) >= 11 is 0. The highest BCUT2D eigenvalue weighted by atomic mass is 19.1. The maximum absolute atomic E-state index is 16.4. The van der Waals surface area contributed by atoms with E-state index < -0.39 is 17.2 Å². The van der Waals surface area contributed by atoms with E-state index in [-0.39, 0.29) is 5.56 Å². The van der Waals surface area contributed by atoms with Crippen LogP contribution >= 0.6 is 0 Å². The number of aromatic nitrogens is 4. The van der Waals surface area contributed by atoms with E-state index in [1.165, 1.54) is 19.2 Å². The van der Waals surface area contributed by atoms with Gasteiger partial charge in [-0.1, -0.05) is 0 Å². The Labute approximate surface area is 189 Å². The monoisotopic (exact) mass is 453 g/mol. The molecule has 0 amide bonds. The minimum Gasteiger partial charge on any atom is -0.496 e. The Hall–Kier alpha value is -3.46. The molecule has 0 unspecified atom stereocenters. The number of rotatable bonds is 5. The van der Waals surface area contributed by atoms with Crippen LogP contribution in [0.1, 0.15) is 25.5 Å². The predicted molar refractivity (Wildman–Crippen MR) is 122 cm³/mol. The van der Waals surface area contributed by atoms with Gasteiger partial charge in [0.2, 0.25) is 0 Å². The molecule has 7 nitrogen and oxygen atoms in total.